The van der Waals surface area contributed by atoms with E-state index in [1.54, 1.807) is 12.1 Å². The van der Waals surface area contributed by atoms with Crippen LogP contribution in [0.25, 0.3) is 11.5 Å². The Bertz CT molecular complexity index is 1280. The minimum absolute atomic E-state index is 0.0148. The Labute approximate surface area is 205 Å². The van der Waals surface area contributed by atoms with Crippen molar-refractivity contribution in [3.8, 4) is 11.5 Å². The van der Waals surface area contributed by atoms with E-state index in [1.165, 1.54) is 23.4 Å². The van der Waals surface area contributed by atoms with Gasteiger partial charge in [0.2, 0.25) is 11.8 Å². The molecule has 3 heterocycles. The van der Waals surface area contributed by atoms with Crippen LogP contribution in [-0.2, 0) is 12.1 Å². The van der Waals surface area contributed by atoms with Gasteiger partial charge < -0.3 is 14.4 Å². The monoisotopic (exact) mass is 500 g/mol. The normalized spacial score (nSPS) is 16.9. The Morgan fingerprint density at radius 1 is 1.06 bits per heavy atom. The Morgan fingerprint density at radius 3 is 2.51 bits per heavy atom. The molecule has 1 aliphatic rings. The molecular weight excluding hydrogens is 478 g/mol. The average molecular weight is 501 g/mol. The summed E-state index contributed by atoms with van der Waals surface area (Å²) in [7, 11) is 0. The van der Waals surface area contributed by atoms with Crippen LogP contribution < -0.4 is 0 Å². The summed E-state index contributed by atoms with van der Waals surface area (Å²) in [5, 5.41) is 24.6. The van der Waals surface area contributed by atoms with Gasteiger partial charge in [0.05, 0.1) is 6.54 Å². The van der Waals surface area contributed by atoms with Crippen molar-refractivity contribution in [1.29, 1.82) is 0 Å². The molecule has 2 aromatic carbocycles. The Balaban J connectivity index is 1.28. The fraction of sp³-hybridized carbons (Fsp3) is 0.333. The van der Waals surface area contributed by atoms with E-state index in [9.17, 15) is 13.9 Å². The van der Waals surface area contributed by atoms with Crippen LogP contribution in [0.4, 0.5) is 8.78 Å². The molecule has 1 aliphatic heterocycles. The largest absolute Gasteiger partial charge is 0.420 e. The molecule has 0 bridgehead atoms. The smallest absolute Gasteiger partial charge is 0.247 e. The van der Waals surface area contributed by atoms with E-state index in [4.69, 9.17) is 16.0 Å². The molecule has 1 N–H and O–H groups in total. The van der Waals surface area contributed by atoms with E-state index in [1.807, 2.05) is 17.0 Å². The van der Waals surface area contributed by atoms with Gasteiger partial charge in [-0.1, -0.05) is 17.7 Å². The maximum absolute atomic E-state index is 14.7. The SMILES string of the molecule is OC(CN1CCC(c2nnc(-c3ccc(Cl)cc3)o2)CC1)(Cn1cncn1)c1ccc(F)cc1F. The molecule has 11 heteroatoms. The summed E-state index contributed by atoms with van der Waals surface area (Å²) in [4.78, 5) is 5.95. The van der Waals surface area contributed by atoms with E-state index in [0.717, 1.165) is 30.5 Å². The predicted molar refractivity (Wildman–Crippen MR) is 123 cm³/mol. The molecule has 8 nitrogen and oxygen atoms in total. The molecule has 4 aromatic rings. The third-order valence-corrected chi connectivity index (χ3v) is 6.53. The Kier molecular flexibility index (Phi) is 6.59. The minimum Gasteiger partial charge on any atom is -0.420 e. The van der Waals surface area contributed by atoms with Crippen molar-refractivity contribution < 1.29 is 18.3 Å². The Morgan fingerprint density at radius 2 is 1.83 bits per heavy atom. The lowest BCUT2D eigenvalue weighted by atomic mass is 9.90. The summed E-state index contributed by atoms with van der Waals surface area (Å²) in [5.74, 6) is -0.424. The third-order valence-electron chi connectivity index (χ3n) is 6.28. The maximum Gasteiger partial charge on any atom is 0.247 e. The maximum atomic E-state index is 14.7. The summed E-state index contributed by atoms with van der Waals surface area (Å²) >= 11 is 5.95. The van der Waals surface area contributed by atoms with Crippen molar-refractivity contribution in [2.45, 2.75) is 30.9 Å². The highest BCUT2D eigenvalue weighted by Gasteiger charge is 2.37. The molecule has 1 atom stereocenters. The number of nitrogens with zero attached hydrogens (tertiary/aromatic N) is 6. The van der Waals surface area contributed by atoms with Gasteiger partial charge in [0.25, 0.3) is 0 Å². The molecule has 1 saturated heterocycles. The Hall–Kier alpha value is -3.21. The van der Waals surface area contributed by atoms with Gasteiger partial charge in [0, 0.05) is 34.7 Å². The summed E-state index contributed by atoms with van der Waals surface area (Å²) in [6.45, 7) is 1.38. The van der Waals surface area contributed by atoms with Crippen molar-refractivity contribution >= 4 is 11.6 Å². The summed E-state index contributed by atoms with van der Waals surface area (Å²) in [6.07, 6.45) is 4.25. The predicted octanol–water partition coefficient (Wildman–Crippen LogP) is 4.03. The molecule has 1 unspecified atom stereocenters. The first-order valence-corrected chi connectivity index (χ1v) is 11.6. The number of likely N-dealkylation sites (tertiary alicyclic amines) is 1. The topological polar surface area (TPSA) is 93.1 Å². The fourth-order valence-corrected chi connectivity index (χ4v) is 4.61. The van der Waals surface area contributed by atoms with Gasteiger partial charge in [-0.2, -0.15) is 5.10 Å². The number of piperidine rings is 1. The lowest BCUT2D eigenvalue weighted by Crippen LogP contribution is -2.47. The van der Waals surface area contributed by atoms with Crippen LogP contribution in [-0.4, -0.2) is 54.6 Å². The standard InChI is InChI=1S/C24H23ClF2N6O2/c25-18-3-1-16(2-4-18)22-30-31-23(35-22)17-7-9-32(10-8-17)12-24(34,13-33-15-28-14-29-33)20-6-5-19(26)11-21(20)27/h1-6,11,14-15,17,34H,7-10,12-13H2. The molecule has 182 valence electrons. The number of rotatable bonds is 7. The first kappa shape index (κ1) is 23.5. The molecule has 0 radical (unpaired) electrons. The van der Waals surface area contributed by atoms with Gasteiger partial charge in [-0.25, -0.2) is 18.4 Å². The van der Waals surface area contributed by atoms with Crippen molar-refractivity contribution in [2.24, 2.45) is 0 Å². The zero-order valence-corrected chi connectivity index (χ0v) is 19.4. The van der Waals surface area contributed by atoms with Crippen molar-refractivity contribution in [1.82, 2.24) is 29.9 Å². The van der Waals surface area contributed by atoms with Crippen molar-refractivity contribution in [3.05, 3.63) is 83.2 Å². The quantitative estimate of drug-likeness (QED) is 0.409. The fourth-order valence-electron chi connectivity index (χ4n) is 4.49. The van der Waals surface area contributed by atoms with Crippen LogP contribution in [0.5, 0.6) is 0 Å². The lowest BCUT2D eigenvalue weighted by Gasteiger charge is -2.37. The van der Waals surface area contributed by atoms with Gasteiger partial charge in [-0.3, -0.25) is 0 Å². The molecule has 0 spiro atoms. The number of aliphatic hydroxyl groups is 1. The second-order valence-electron chi connectivity index (χ2n) is 8.75. The number of hydrogen-bond donors (Lipinski definition) is 1. The van der Waals surface area contributed by atoms with E-state index in [-0.39, 0.29) is 24.6 Å². The molecular formula is C24H23ClF2N6O2. The van der Waals surface area contributed by atoms with Gasteiger partial charge in [0.1, 0.15) is 29.9 Å². The van der Waals surface area contributed by atoms with Crippen molar-refractivity contribution in [2.75, 3.05) is 19.6 Å². The number of hydrogen-bond acceptors (Lipinski definition) is 7. The third kappa shape index (κ3) is 5.24. The number of β-amino-alcohol motifs (C(OH)–C–C–N with tert-alkyl or cyclic N) is 1. The molecule has 0 amide bonds. The number of benzene rings is 2. The lowest BCUT2D eigenvalue weighted by molar-refractivity contribution is -0.0270. The second kappa shape index (κ2) is 9.80. The summed E-state index contributed by atoms with van der Waals surface area (Å²) in [6, 6.07) is 10.4. The van der Waals surface area contributed by atoms with Gasteiger partial charge in [0.15, 0.2) is 0 Å². The first-order valence-electron chi connectivity index (χ1n) is 11.2. The summed E-state index contributed by atoms with van der Waals surface area (Å²) < 4.78 is 35.5. The zero-order chi connectivity index (χ0) is 24.4. The van der Waals surface area contributed by atoms with Crippen LogP contribution in [0.15, 0.2) is 59.5 Å². The zero-order valence-electron chi connectivity index (χ0n) is 18.7. The van der Waals surface area contributed by atoms with E-state index in [0.29, 0.717) is 29.9 Å². The molecule has 35 heavy (non-hydrogen) atoms. The van der Waals surface area contributed by atoms with Gasteiger partial charge in [-0.15, -0.1) is 10.2 Å². The van der Waals surface area contributed by atoms with Crippen LogP contribution >= 0.6 is 11.6 Å². The van der Waals surface area contributed by atoms with Crippen LogP contribution in [0, 0.1) is 11.6 Å². The van der Waals surface area contributed by atoms with E-state index in [2.05, 4.69) is 20.3 Å². The van der Waals surface area contributed by atoms with Gasteiger partial charge >= 0.3 is 0 Å². The first-order chi connectivity index (χ1) is 16.9. The molecule has 5 rings (SSSR count). The highest BCUT2D eigenvalue weighted by Crippen LogP contribution is 2.33. The summed E-state index contributed by atoms with van der Waals surface area (Å²) in [5.41, 5.74) is -0.823. The van der Waals surface area contributed by atoms with Crippen molar-refractivity contribution in [3.63, 3.8) is 0 Å². The van der Waals surface area contributed by atoms with Gasteiger partial charge in [-0.05, 0) is 56.3 Å². The van der Waals surface area contributed by atoms with Crippen LogP contribution in [0.3, 0.4) is 0 Å². The molecule has 0 aliphatic carbocycles. The minimum atomic E-state index is -1.63. The number of aromatic nitrogens is 5. The van der Waals surface area contributed by atoms with Crippen LogP contribution in [0.2, 0.25) is 5.02 Å². The number of halogens is 3. The molecule has 1 fully saturated rings. The highest BCUT2D eigenvalue weighted by molar-refractivity contribution is 6.30. The average Bonchev–Trinajstić information content (AvgIpc) is 3.52. The van der Waals surface area contributed by atoms with E-state index >= 15 is 0 Å². The van der Waals surface area contributed by atoms with Crippen LogP contribution in [0.1, 0.15) is 30.2 Å². The highest BCUT2D eigenvalue weighted by atomic mass is 35.5. The molecule has 0 saturated carbocycles. The van der Waals surface area contributed by atoms with E-state index < -0.39 is 17.2 Å². The second-order valence-corrected chi connectivity index (χ2v) is 9.19. The molecule has 2 aromatic heterocycles.